The normalized spacial score (nSPS) is 32.6. The number of hydrogen-bond donors (Lipinski definition) is 3. The first kappa shape index (κ1) is 21.6. The summed E-state index contributed by atoms with van der Waals surface area (Å²) in [7, 11) is 3.83. The second-order valence-corrected chi connectivity index (χ2v) is 9.44. The van der Waals surface area contributed by atoms with Crippen LogP contribution in [-0.4, -0.2) is 65.1 Å². The van der Waals surface area contributed by atoms with Gasteiger partial charge in [0.05, 0.1) is 23.6 Å². The van der Waals surface area contributed by atoms with Crippen molar-refractivity contribution in [1.82, 2.24) is 24.8 Å². The minimum atomic E-state index is -1.29. The largest absolute Gasteiger partial charge is 0.382 e. The van der Waals surface area contributed by atoms with Crippen molar-refractivity contribution in [2.24, 2.45) is 5.73 Å². The van der Waals surface area contributed by atoms with Gasteiger partial charge < -0.3 is 26.3 Å². The van der Waals surface area contributed by atoms with Gasteiger partial charge in [0.2, 0.25) is 5.91 Å². The van der Waals surface area contributed by atoms with E-state index in [9.17, 15) is 4.79 Å². The number of carbonyl (C=O) groups is 1. The summed E-state index contributed by atoms with van der Waals surface area (Å²) in [4.78, 5) is 24.2. The Bertz CT molecular complexity index is 941. The number of aromatic nitrogens is 4. The fourth-order valence-electron chi connectivity index (χ4n) is 3.76. The number of amides is 1. The molecule has 0 saturated carbocycles. The number of imidazole rings is 1. The second kappa shape index (κ2) is 6.72. The fraction of sp³-hybridized carbons (Fsp3) is 0.667. The third-order valence-corrected chi connectivity index (χ3v) is 6.24. The molecule has 0 spiro atoms. The summed E-state index contributed by atoms with van der Waals surface area (Å²) < 4.78 is 14.7. The molecule has 157 valence electrons. The molecule has 0 aromatic carbocycles. The number of rotatable bonds is 4. The van der Waals surface area contributed by atoms with Gasteiger partial charge in [0, 0.05) is 13.5 Å². The van der Waals surface area contributed by atoms with Gasteiger partial charge in [0.25, 0.3) is 0 Å². The zero-order valence-corrected chi connectivity index (χ0v) is 18.6. The minimum Gasteiger partial charge on any atom is -0.382 e. The molecule has 4 atom stereocenters. The molecule has 0 bridgehead atoms. The zero-order chi connectivity index (χ0) is 21.8. The van der Waals surface area contributed by atoms with E-state index in [0.29, 0.717) is 11.2 Å². The molecular weight excluding hydrogens is 390 g/mol. The lowest BCUT2D eigenvalue weighted by Crippen LogP contribution is -2.69. The smallest absolute Gasteiger partial charge is 0.216 e. The van der Waals surface area contributed by atoms with Crippen molar-refractivity contribution >= 4 is 33.1 Å². The number of ether oxygens (including phenoxy) is 2. The quantitative estimate of drug-likeness (QED) is 0.589. The minimum absolute atomic E-state index is 0.178. The molecule has 1 fully saturated rings. The molecule has 5 N–H and O–H groups in total. The van der Waals surface area contributed by atoms with Gasteiger partial charge >= 0.3 is 0 Å². The number of anilines is 1. The maximum Gasteiger partial charge on any atom is 0.216 e. The predicted molar refractivity (Wildman–Crippen MR) is 109 cm³/mol. The van der Waals surface area contributed by atoms with Crippen LogP contribution < -0.4 is 16.8 Å². The summed E-state index contributed by atoms with van der Waals surface area (Å²) in [5, 5.41) is 1.49. The van der Waals surface area contributed by atoms with Crippen LogP contribution in [0.1, 0.15) is 41.5 Å². The van der Waals surface area contributed by atoms with Crippen molar-refractivity contribution in [3.05, 3.63) is 12.7 Å². The highest BCUT2D eigenvalue weighted by Gasteiger charge is 2.69. The number of carbonyl (C=O) groups excluding carboxylic acids is 1. The Labute approximate surface area is 173 Å². The summed E-state index contributed by atoms with van der Waals surface area (Å²) in [6.07, 6.45) is 2.34. The monoisotopic (exact) mass is 418 g/mol. The molecule has 3 rings (SSSR count). The van der Waals surface area contributed by atoms with Crippen LogP contribution in [0.15, 0.2) is 12.7 Å². The molecule has 1 amide bonds. The summed E-state index contributed by atoms with van der Waals surface area (Å²) >= 11 is 0. The van der Waals surface area contributed by atoms with Gasteiger partial charge in [-0.3, -0.25) is 9.36 Å². The summed E-state index contributed by atoms with van der Waals surface area (Å²) in [6.45, 7) is 11.2. The summed E-state index contributed by atoms with van der Waals surface area (Å²) in [5.74, 6) is 0.0775. The first-order chi connectivity index (χ1) is 13.2. The lowest BCUT2D eigenvalue weighted by molar-refractivity contribution is -0.203. The van der Waals surface area contributed by atoms with Crippen molar-refractivity contribution < 1.29 is 14.3 Å². The van der Waals surface area contributed by atoms with E-state index in [1.54, 1.807) is 10.9 Å². The average molecular weight is 419 g/mol. The van der Waals surface area contributed by atoms with Crippen LogP contribution in [0.2, 0.25) is 0 Å². The molecule has 2 aromatic rings. The van der Waals surface area contributed by atoms with Crippen LogP contribution in [-0.2, 0) is 19.6 Å². The van der Waals surface area contributed by atoms with Crippen molar-refractivity contribution in [2.45, 2.75) is 69.7 Å². The van der Waals surface area contributed by atoms with Crippen LogP contribution in [0, 0.1) is 0 Å². The van der Waals surface area contributed by atoms with Crippen molar-refractivity contribution in [2.75, 3.05) is 12.3 Å². The van der Waals surface area contributed by atoms with E-state index in [1.807, 2.05) is 34.6 Å². The summed E-state index contributed by atoms with van der Waals surface area (Å²) in [5.41, 5.74) is 11.0. The van der Waals surface area contributed by atoms with Crippen molar-refractivity contribution in [1.29, 1.82) is 0 Å². The molecule has 10 nitrogen and oxygen atoms in total. The predicted octanol–water partition coefficient (Wildman–Crippen LogP) is 0.0134. The van der Waals surface area contributed by atoms with Crippen LogP contribution in [0.4, 0.5) is 5.82 Å². The highest BCUT2D eigenvalue weighted by atomic mass is 28.1. The van der Waals surface area contributed by atoms with Gasteiger partial charge in [0.15, 0.2) is 16.8 Å². The Morgan fingerprint density at radius 3 is 2.62 bits per heavy atom. The van der Waals surface area contributed by atoms with E-state index in [-0.39, 0.29) is 18.3 Å². The van der Waals surface area contributed by atoms with Gasteiger partial charge in [-0.25, -0.2) is 15.0 Å². The van der Waals surface area contributed by atoms with Crippen molar-refractivity contribution in [3.63, 3.8) is 0 Å². The third-order valence-electron chi connectivity index (χ3n) is 5.40. The SMILES string of the molecule is CC(=O)NC[C@H]1O[C@@]([Si])(n2cnc3c(N)ncnc32)[C@](C)(OC(C)(C)C)[C@]1(C)N. The average Bonchev–Trinajstić information content (AvgIpc) is 3.06. The fourth-order valence-corrected chi connectivity index (χ4v) is 4.39. The highest BCUT2D eigenvalue weighted by Crippen LogP contribution is 2.51. The molecule has 29 heavy (non-hydrogen) atoms. The molecule has 11 heteroatoms. The van der Waals surface area contributed by atoms with E-state index in [2.05, 4.69) is 30.5 Å². The lowest BCUT2D eigenvalue weighted by Gasteiger charge is -2.49. The van der Waals surface area contributed by atoms with Gasteiger partial charge in [-0.15, -0.1) is 0 Å². The topological polar surface area (TPSA) is 143 Å². The molecule has 2 aromatic heterocycles. The van der Waals surface area contributed by atoms with Crippen molar-refractivity contribution in [3.8, 4) is 0 Å². The number of nitrogens with one attached hydrogen (secondary N) is 1. The van der Waals surface area contributed by atoms with Gasteiger partial charge in [0.1, 0.15) is 27.7 Å². The Balaban J connectivity index is 2.19. The Morgan fingerprint density at radius 1 is 1.38 bits per heavy atom. The summed E-state index contributed by atoms with van der Waals surface area (Å²) in [6, 6.07) is 0. The van der Waals surface area contributed by atoms with Crippen LogP contribution in [0.5, 0.6) is 0 Å². The first-order valence-electron chi connectivity index (χ1n) is 9.33. The molecule has 1 aliphatic heterocycles. The molecule has 3 heterocycles. The Kier molecular flexibility index (Phi) is 5.01. The number of nitrogens with zero attached hydrogens (tertiary/aromatic N) is 4. The first-order valence-corrected chi connectivity index (χ1v) is 9.83. The number of fused-ring (bicyclic) bond motifs is 1. The second-order valence-electron chi connectivity index (χ2n) is 8.76. The highest BCUT2D eigenvalue weighted by molar-refractivity contribution is 6.14. The maximum absolute atomic E-state index is 11.5. The standard InChI is InChI=1S/C18H28N7O3Si/c1-10(26)21-7-11-16(5,20)17(6,28-15(2,3)4)18(29,27-11)25-9-24-12-13(19)22-8-23-14(12)25/h8-9,11H,7,20H2,1-6H3,(H,21,26)(H2,19,22,23)/t11-,16-,17-,18+/m1/s1. The van der Waals surface area contributed by atoms with Crippen LogP contribution in [0.3, 0.4) is 0 Å². The Hall–Kier alpha value is -2.08. The molecule has 0 unspecified atom stereocenters. The number of hydrogen-bond acceptors (Lipinski definition) is 8. The Morgan fingerprint density at radius 2 is 2.03 bits per heavy atom. The molecule has 3 radical (unpaired) electrons. The number of nitrogens with two attached hydrogens (primary N) is 2. The van der Waals surface area contributed by atoms with Crippen LogP contribution in [0.25, 0.3) is 11.2 Å². The van der Waals surface area contributed by atoms with E-state index in [1.165, 1.54) is 13.3 Å². The molecule has 1 saturated heterocycles. The van der Waals surface area contributed by atoms with Gasteiger partial charge in [-0.05, 0) is 34.6 Å². The number of nitrogen functional groups attached to an aromatic ring is 1. The van der Waals surface area contributed by atoms with E-state index < -0.39 is 28.2 Å². The third kappa shape index (κ3) is 3.31. The van der Waals surface area contributed by atoms with E-state index in [4.69, 9.17) is 20.9 Å². The maximum atomic E-state index is 11.5. The van der Waals surface area contributed by atoms with Gasteiger partial charge in [-0.1, -0.05) is 0 Å². The van der Waals surface area contributed by atoms with Gasteiger partial charge in [-0.2, -0.15) is 0 Å². The molecular formula is C18H28N7O3Si. The molecule has 1 aliphatic rings. The van der Waals surface area contributed by atoms with E-state index >= 15 is 0 Å². The zero-order valence-electron chi connectivity index (χ0n) is 17.6. The molecule has 0 aliphatic carbocycles. The van der Waals surface area contributed by atoms with E-state index in [0.717, 1.165) is 0 Å². The van der Waals surface area contributed by atoms with Crippen LogP contribution >= 0.6 is 0 Å². The lowest BCUT2D eigenvalue weighted by atomic mass is 9.79.